The quantitative estimate of drug-likeness (QED) is 0.251. The van der Waals surface area contributed by atoms with Crippen molar-refractivity contribution in [3.63, 3.8) is 0 Å². The van der Waals surface area contributed by atoms with Crippen LogP contribution in [0.5, 0.6) is 17.2 Å². The maximum absolute atomic E-state index is 11.1. The smallest absolute Gasteiger partial charge is 0.123 e. The van der Waals surface area contributed by atoms with Gasteiger partial charge >= 0.3 is 0 Å². The van der Waals surface area contributed by atoms with E-state index < -0.39 is 0 Å². The number of hydrogen-bond donors (Lipinski definition) is 3. The van der Waals surface area contributed by atoms with Gasteiger partial charge in [-0.25, -0.2) is 0 Å². The summed E-state index contributed by atoms with van der Waals surface area (Å²) in [6.45, 7) is 19.1. The van der Waals surface area contributed by atoms with Gasteiger partial charge in [-0.1, -0.05) is 98.7 Å². The molecule has 0 saturated carbocycles. The van der Waals surface area contributed by atoms with Gasteiger partial charge in [0.2, 0.25) is 0 Å². The normalized spacial score (nSPS) is 12.5. The lowest BCUT2D eigenvalue weighted by Gasteiger charge is -2.22. The van der Waals surface area contributed by atoms with Crippen molar-refractivity contribution in [1.82, 2.24) is 0 Å². The minimum Gasteiger partial charge on any atom is -0.507 e. The Hall–Kier alpha value is -3.72. The van der Waals surface area contributed by atoms with Gasteiger partial charge in [0.25, 0.3) is 0 Å². The molecule has 0 aliphatic carbocycles. The molecule has 0 atom stereocenters. The number of aromatic hydroxyl groups is 3. The molecule has 0 bridgehead atoms. The van der Waals surface area contributed by atoms with Gasteiger partial charge in [0.15, 0.2) is 0 Å². The van der Waals surface area contributed by atoms with Crippen molar-refractivity contribution in [3.8, 4) is 50.6 Å². The molecule has 204 valence electrons. The highest BCUT2D eigenvalue weighted by atomic mass is 16.3. The van der Waals surface area contributed by atoms with E-state index in [1.54, 1.807) is 0 Å². The Balaban J connectivity index is 1.94. The molecule has 4 aromatic carbocycles. The van der Waals surface area contributed by atoms with Gasteiger partial charge < -0.3 is 15.3 Å². The Bertz CT molecular complexity index is 1330. The number of phenols is 3. The zero-order valence-electron chi connectivity index (χ0n) is 24.8. The molecule has 0 unspecified atom stereocenters. The summed E-state index contributed by atoms with van der Waals surface area (Å²) in [5.41, 5.74) is 7.37. The molecule has 4 rings (SSSR count). The predicted octanol–water partition coefficient (Wildman–Crippen LogP) is 9.70. The first-order chi connectivity index (χ1) is 17.9. The molecule has 0 radical (unpaired) electrons. The van der Waals surface area contributed by atoms with Crippen LogP contribution in [0.25, 0.3) is 33.4 Å². The second kappa shape index (κ2) is 9.79. The molecular weight excluding hydrogens is 480 g/mol. The predicted molar refractivity (Wildman–Crippen MR) is 164 cm³/mol. The fourth-order valence-corrected chi connectivity index (χ4v) is 4.82. The Kier molecular flexibility index (Phi) is 7.10. The molecular formula is C36H42O3. The molecule has 0 aliphatic heterocycles. The summed E-state index contributed by atoms with van der Waals surface area (Å²) < 4.78 is 0. The third kappa shape index (κ3) is 5.98. The van der Waals surface area contributed by atoms with Crippen LogP contribution in [0.3, 0.4) is 0 Å². The van der Waals surface area contributed by atoms with Gasteiger partial charge in [0.1, 0.15) is 17.2 Å². The highest BCUT2D eigenvalue weighted by Gasteiger charge is 2.21. The Labute approximate surface area is 233 Å². The second-order valence-corrected chi connectivity index (χ2v) is 13.7. The number of benzene rings is 4. The van der Waals surface area contributed by atoms with Crippen molar-refractivity contribution in [2.75, 3.05) is 0 Å². The van der Waals surface area contributed by atoms with Gasteiger partial charge in [-0.2, -0.15) is 0 Å². The average Bonchev–Trinajstić information content (AvgIpc) is 2.81. The minimum atomic E-state index is -0.0931. The molecule has 0 amide bonds. The molecule has 4 aromatic rings. The van der Waals surface area contributed by atoms with Crippen molar-refractivity contribution in [2.24, 2.45) is 0 Å². The summed E-state index contributed by atoms with van der Waals surface area (Å²) in [5.74, 6) is 0.598. The first kappa shape index (κ1) is 28.3. The zero-order chi connectivity index (χ0) is 28.9. The molecule has 3 N–H and O–H groups in total. The summed E-state index contributed by atoms with van der Waals surface area (Å²) in [5, 5.41) is 33.3. The summed E-state index contributed by atoms with van der Waals surface area (Å²) >= 11 is 0. The molecule has 3 nitrogen and oxygen atoms in total. The summed E-state index contributed by atoms with van der Waals surface area (Å²) in [7, 11) is 0. The summed E-state index contributed by atoms with van der Waals surface area (Å²) in [6, 6.07) is 23.4. The van der Waals surface area contributed by atoms with Gasteiger partial charge in [-0.3, -0.25) is 0 Å². The van der Waals surface area contributed by atoms with E-state index in [4.69, 9.17) is 0 Å². The van der Waals surface area contributed by atoms with Crippen LogP contribution in [-0.2, 0) is 16.2 Å². The molecule has 0 aromatic heterocycles. The van der Waals surface area contributed by atoms with Gasteiger partial charge in [-0.15, -0.1) is 0 Å². The largest absolute Gasteiger partial charge is 0.507 e. The minimum absolute atomic E-state index is 0.0931. The molecule has 3 heteroatoms. The molecule has 0 fully saturated rings. The van der Waals surface area contributed by atoms with E-state index in [1.807, 2.05) is 72.8 Å². The van der Waals surface area contributed by atoms with Crippen LogP contribution in [0.2, 0.25) is 0 Å². The van der Waals surface area contributed by atoms with Crippen LogP contribution in [0.4, 0.5) is 0 Å². The lowest BCUT2D eigenvalue weighted by Crippen LogP contribution is -2.10. The fraction of sp³-hybridized carbons (Fsp3) is 0.333. The number of rotatable bonds is 3. The van der Waals surface area contributed by atoms with Crippen molar-refractivity contribution in [3.05, 3.63) is 89.5 Å². The van der Waals surface area contributed by atoms with Crippen molar-refractivity contribution in [2.45, 2.75) is 78.6 Å². The third-order valence-corrected chi connectivity index (χ3v) is 7.46. The van der Waals surface area contributed by atoms with E-state index in [1.165, 1.54) is 0 Å². The van der Waals surface area contributed by atoms with Crippen LogP contribution < -0.4 is 0 Å². The molecule has 0 aliphatic rings. The van der Waals surface area contributed by atoms with Gasteiger partial charge in [-0.05, 0) is 86.0 Å². The van der Waals surface area contributed by atoms with Crippen molar-refractivity contribution >= 4 is 0 Å². The van der Waals surface area contributed by atoms with E-state index >= 15 is 0 Å². The van der Waals surface area contributed by atoms with Gasteiger partial charge in [0.05, 0.1) is 0 Å². The molecule has 0 saturated heterocycles. The van der Waals surface area contributed by atoms with E-state index in [0.717, 1.165) is 33.4 Å². The van der Waals surface area contributed by atoms with Crippen LogP contribution in [0.1, 0.15) is 79.0 Å². The van der Waals surface area contributed by atoms with Crippen LogP contribution in [-0.4, -0.2) is 15.3 Å². The second-order valence-electron chi connectivity index (χ2n) is 13.7. The Morgan fingerprint density at radius 2 is 0.590 bits per heavy atom. The van der Waals surface area contributed by atoms with Crippen LogP contribution >= 0.6 is 0 Å². The van der Waals surface area contributed by atoms with Crippen molar-refractivity contribution < 1.29 is 15.3 Å². The van der Waals surface area contributed by atoms with Crippen LogP contribution in [0, 0.1) is 0 Å². The highest BCUT2D eigenvalue weighted by Crippen LogP contribution is 2.43. The summed E-state index contributed by atoms with van der Waals surface area (Å²) in [6.07, 6.45) is 0. The van der Waals surface area contributed by atoms with Gasteiger partial charge in [0, 0.05) is 16.7 Å². The van der Waals surface area contributed by atoms with E-state index in [2.05, 4.69) is 62.3 Å². The van der Waals surface area contributed by atoms with Crippen molar-refractivity contribution in [1.29, 1.82) is 0 Å². The topological polar surface area (TPSA) is 60.7 Å². The maximum Gasteiger partial charge on any atom is 0.123 e. The first-order valence-electron chi connectivity index (χ1n) is 13.6. The first-order valence-corrected chi connectivity index (χ1v) is 13.6. The fourth-order valence-electron chi connectivity index (χ4n) is 4.82. The Morgan fingerprint density at radius 3 is 0.769 bits per heavy atom. The monoisotopic (exact) mass is 522 g/mol. The molecule has 0 heterocycles. The Morgan fingerprint density at radius 1 is 0.359 bits per heavy atom. The zero-order valence-corrected chi connectivity index (χ0v) is 24.8. The molecule has 0 spiro atoms. The van der Waals surface area contributed by atoms with E-state index in [-0.39, 0.29) is 33.5 Å². The maximum atomic E-state index is 11.1. The summed E-state index contributed by atoms with van der Waals surface area (Å²) in [4.78, 5) is 0. The highest BCUT2D eigenvalue weighted by molar-refractivity contribution is 5.86. The lowest BCUT2D eigenvalue weighted by molar-refractivity contribution is 0.473. The van der Waals surface area contributed by atoms with Crippen LogP contribution in [0.15, 0.2) is 72.8 Å². The van der Waals surface area contributed by atoms with E-state index in [9.17, 15) is 15.3 Å². The average molecular weight is 523 g/mol. The standard InChI is InChI=1S/C36H42O3/c1-34(2,3)25-10-13-28(31(37)19-25)22-16-23(29-14-11-26(20-32(29)38)35(4,5)6)18-24(17-22)30-15-12-27(21-33(30)39)36(7,8)9/h10-21,37-39H,1-9H3. The third-order valence-electron chi connectivity index (χ3n) is 7.46. The van der Waals surface area contributed by atoms with E-state index in [0.29, 0.717) is 16.7 Å². The number of phenolic OH excluding ortho intramolecular Hbond substituents is 3. The SMILES string of the molecule is CC(C)(C)c1ccc(-c2cc(-c3ccc(C(C)(C)C)cc3O)cc(-c3ccc(C(C)(C)C)cc3O)c2)c(O)c1. The lowest BCUT2D eigenvalue weighted by atomic mass is 9.84. The number of hydrogen-bond acceptors (Lipinski definition) is 3. The molecule has 39 heavy (non-hydrogen) atoms.